The van der Waals surface area contributed by atoms with E-state index in [1.54, 1.807) is 5.32 Å². The number of carboxylic acids is 1. The molecule has 0 fully saturated rings. The van der Waals surface area contributed by atoms with Crippen molar-refractivity contribution in [3.8, 4) is 0 Å². The minimum absolute atomic E-state index is 0.790. The molecule has 0 saturated carbocycles. The van der Waals surface area contributed by atoms with Crippen molar-refractivity contribution in [3.05, 3.63) is 34.6 Å². The first-order chi connectivity index (χ1) is 10.6. The van der Waals surface area contributed by atoms with Gasteiger partial charge in [-0.2, -0.15) is 0 Å². The lowest BCUT2D eigenvalue weighted by atomic mass is 10.1. The minimum atomic E-state index is -2.43. The van der Waals surface area contributed by atoms with Gasteiger partial charge in [-0.1, -0.05) is 0 Å². The van der Waals surface area contributed by atoms with Gasteiger partial charge in [0.15, 0.2) is 23.3 Å². The Bertz CT molecular complexity index is 651. The third kappa shape index (κ3) is 3.93. The van der Waals surface area contributed by atoms with Crippen LogP contribution in [0.3, 0.4) is 0 Å². The quantitative estimate of drug-likeness (QED) is 0.418. The van der Waals surface area contributed by atoms with Gasteiger partial charge in [0, 0.05) is 0 Å². The molecule has 0 unspecified atom stereocenters. The van der Waals surface area contributed by atoms with Crippen molar-refractivity contribution in [2.24, 2.45) is 0 Å². The Hall–Kier alpha value is -2.72. The van der Waals surface area contributed by atoms with Gasteiger partial charge in [-0.15, -0.1) is 0 Å². The number of rotatable bonds is 5. The van der Waals surface area contributed by atoms with Crippen molar-refractivity contribution < 1.29 is 41.4 Å². The lowest BCUT2D eigenvalue weighted by Crippen LogP contribution is -2.46. The molecule has 6 nitrogen and oxygen atoms in total. The zero-order valence-corrected chi connectivity index (χ0v) is 11.3. The topological polar surface area (TPSA) is 95.5 Å². The molecule has 0 aliphatic heterocycles. The van der Waals surface area contributed by atoms with Crippen molar-refractivity contribution in [2.45, 2.75) is 13.0 Å². The second-order valence-corrected chi connectivity index (χ2v) is 4.25. The van der Waals surface area contributed by atoms with Crippen molar-refractivity contribution in [2.75, 3.05) is 6.54 Å². The molecule has 0 aliphatic rings. The highest BCUT2D eigenvalue weighted by molar-refractivity contribution is 5.98. The van der Waals surface area contributed by atoms with E-state index >= 15 is 0 Å². The molecule has 0 spiro atoms. The molecular formula is C12H9F5N2O4. The van der Waals surface area contributed by atoms with Gasteiger partial charge >= 0.3 is 5.97 Å². The first kappa shape index (κ1) is 18.3. The van der Waals surface area contributed by atoms with E-state index in [1.165, 1.54) is 0 Å². The number of benzene rings is 1. The van der Waals surface area contributed by atoms with Gasteiger partial charge in [0.2, 0.25) is 11.7 Å². The molecule has 1 rings (SSSR count). The van der Waals surface area contributed by atoms with Crippen LogP contribution in [-0.4, -0.2) is 35.5 Å². The number of halogens is 5. The predicted octanol–water partition coefficient (Wildman–Crippen LogP) is 0.701. The minimum Gasteiger partial charge on any atom is -0.480 e. The fraction of sp³-hybridized carbons (Fsp3) is 0.250. The van der Waals surface area contributed by atoms with Crippen LogP contribution in [0.5, 0.6) is 0 Å². The van der Waals surface area contributed by atoms with Crippen LogP contribution in [0.1, 0.15) is 17.3 Å². The maximum Gasteiger partial charge on any atom is 0.322 e. The zero-order chi connectivity index (χ0) is 17.9. The molecule has 2 amide bonds. The predicted molar refractivity (Wildman–Crippen MR) is 63.8 cm³/mol. The molecule has 0 aliphatic carbocycles. The highest BCUT2D eigenvalue weighted by Crippen LogP contribution is 2.22. The third-order valence-corrected chi connectivity index (χ3v) is 2.59. The second kappa shape index (κ2) is 7.03. The van der Waals surface area contributed by atoms with Crippen LogP contribution >= 0.6 is 0 Å². The fourth-order valence-electron chi connectivity index (χ4n) is 1.45. The normalized spacial score (nSPS) is 11.7. The van der Waals surface area contributed by atoms with E-state index in [9.17, 15) is 36.3 Å². The Labute approximate surface area is 125 Å². The van der Waals surface area contributed by atoms with Crippen LogP contribution in [0.25, 0.3) is 0 Å². The average Bonchev–Trinajstić information content (AvgIpc) is 2.48. The second-order valence-electron chi connectivity index (χ2n) is 4.25. The van der Waals surface area contributed by atoms with Gasteiger partial charge in [0.1, 0.15) is 18.2 Å². The molecule has 3 N–H and O–H groups in total. The lowest BCUT2D eigenvalue weighted by Gasteiger charge is -2.14. The summed E-state index contributed by atoms with van der Waals surface area (Å²) < 4.78 is 65.6. The van der Waals surface area contributed by atoms with Gasteiger partial charge in [-0.25, -0.2) is 22.0 Å². The third-order valence-electron chi connectivity index (χ3n) is 2.59. The van der Waals surface area contributed by atoms with Crippen LogP contribution in [0.4, 0.5) is 22.0 Å². The van der Waals surface area contributed by atoms with Crippen LogP contribution in [-0.2, 0) is 9.59 Å². The summed E-state index contributed by atoms with van der Waals surface area (Å²) in [5.74, 6) is -15.9. The number of aliphatic carboxylic acids is 1. The fourth-order valence-corrected chi connectivity index (χ4v) is 1.45. The summed E-state index contributed by atoms with van der Waals surface area (Å²) in [4.78, 5) is 33.2. The summed E-state index contributed by atoms with van der Waals surface area (Å²) in [6, 6.07) is -1.49. The van der Waals surface area contributed by atoms with Gasteiger partial charge in [-0.3, -0.25) is 14.4 Å². The van der Waals surface area contributed by atoms with E-state index in [4.69, 9.17) is 5.11 Å². The lowest BCUT2D eigenvalue weighted by molar-refractivity contribution is -0.138. The van der Waals surface area contributed by atoms with E-state index in [2.05, 4.69) is 0 Å². The van der Waals surface area contributed by atoms with Crippen LogP contribution in [0.15, 0.2) is 0 Å². The molecule has 126 valence electrons. The molecule has 0 bridgehead atoms. The summed E-state index contributed by atoms with van der Waals surface area (Å²) in [6.45, 7) is 0.225. The SMILES string of the molecule is C[C@H](NC(=O)c1c(F)c(F)c(F)c(F)c1F)C(=O)NCC(=O)O. The molecule has 1 aromatic rings. The Balaban J connectivity index is 2.99. The summed E-state index contributed by atoms with van der Waals surface area (Å²) >= 11 is 0. The van der Waals surface area contributed by atoms with E-state index in [0.717, 1.165) is 6.92 Å². The standard InChI is InChI=1S/C12H9F5N2O4/c1-3(11(22)18-2-4(20)21)19-12(23)5-6(13)8(15)10(17)9(16)7(5)14/h3H,2H2,1H3,(H,18,22)(H,19,23)(H,20,21)/t3-/m0/s1. The number of carboxylic acid groups (broad SMARTS) is 1. The van der Waals surface area contributed by atoms with Crippen LogP contribution in [0, 0.1) is 29.1 Å². The molecular weight excluding hydrogens is 331 g/mol. The van der Waals surface area contributed by atoms with E-state index in [1.807, 2.05) is 5.32 Å². The van der Waals surface area contributed by atoms with Crippen LogP contribution < -0.4 is 10.6 Å². The zero-order valence-electron chi connectivity index (χ0n) is 11.3. The van der Waals surface area contributed by atoms with E-state index in [0.29, 0.717) is 0 Å². The largest absolute Gasteiger partial charge is 0.480 e. The Kier molecular flexibility index (Phi) is 5.60. The number of carbonyl (C=O) groups is 3. The molecule has 0 saturated heterocycles. The highest BCUT2D eigenvalue weighted by Gasteiger charge is 2.30. The summed E-state index contributed by atoms with van der Waals surface area (Å²) in [5.41, 5.74) is -1.75. The average molecular weight is 340 g/mol. The number of carbonyl (C=O) groups excluding carboxylic acids is 2. The van der Waals surface area contributed by atoms with Crippen molar-refractivity contribution >= 4 is 17.8 Å². The first-order valence-electron chi connectivity index (χ1n) is 5.89. The summed E-state index contributed by atoms with van der Waals surface area (Å²) in [5, 5.41) is 11.9. The number of amides is 2. The van der Waals surface area contributed by atoms with Crippen molar-refractivity contribution in [1.82, 2.24) is 10.6 Å². The number of nitrogens with one attached hydrogen (secondary N) is 2. The maximum absolute atomic E-state index is 13.4. The first-order valence-corrected chi connectivity index (χ1v) is 5.89. The Morgan fingerprint density at radius 2 is 1.39 bits per heavy atom. The Morgan fingerprint density at radius 3 is 1.83 bits per heavy atom. The summed E-state index contributed by atoms with van der Waals surface area (Å²) in [7, 11) is 0. The van der Waals surface area contributed by atoms with Crippen molar-refractivity contribution in [1.29, 1.82) is 0 Å². The van der Waals surface area contributed by atoms with E-state index < -0.39 is 65.0 Å². The smallest absolute Gasteiger partial charge is 0.322 e. The Morgan fingerprint density at radius 1 is 0.957 bits per heavy atom. The van der Waals surface area contributed by atoms with E-state index in [-0.39, 0.29) is 0 Å². The summed E-state index contributed by atoms with van der Waals surface area (Å²) in [6.07, 6.45) is 0. The molecule has 1 aromatic carbocycles. The molecule has 1 atom stereocenters. The van der Waals surface area contributed by atoms with Gasteiger partial charge in [0.25, 0.3) is 5.91 Å². The highest BCUT2D eigenvalue weighted by atomic mass is 19.2. The molecule has 0 radical (unpaired) electrons. The van der Waals surface area contributed by atoms with Gasteiger partial charge in [0.05, 0.1) is 0 Å². The van der Waals surface area contributed by atoms with Crippen LogP contribution in [0.2, 0.25) is 0 Å². The molecule has 11 heteroatoms. The van der Waals surface area contributed by atoms with Gasteiger partial charge < -0.3 is 15.7 Å². The van der Waals surface area contributed by atoms with Crippen molar-refractivity contribution in [3.63, 3.8) is 0 Å². The molecule has 0 heterocycles. The molecule has 0 aromatic heterocycles. The molecule has 23 heavy (non-hydrogen) atoms. The number of hydrogen-bond donors (Lipinski definition) is 3. The number of hydrogen-bond acceptors (Lipinski definition) is 3. The van der Waals surface area contributed by atoms with Gasteiger partial charge in [-0.05, 0) is 6.92 Å². The monoisotopic (exact) mass is 340 g/mol. The maximum atomic E-state index is 13.4.